The Hall–Kier alpha value is -4.63. The number of likely N-dealkylation sites (N-methyl/N-ethyl adjacent to an activating group) is 1. The first-order valence-corrected chi connectivity index (χ1v) is 14.5. The molecule has 1 atom stereocenters. The zero-order valence-electron chi connectivity index (χ0n) is 24.2. The predicted octanol–water partition coefficient (Wildman–Crippen LogP) is 2.86. The molecule has 2 aliphatic heterocycles. The van der Waals surface area contributed by atoms with Gasteiger partial charge in [0.15, 0.2) is 11.6 Å². The van der Waals surface area contributed by atoms with Crippen molar-refractivity contribution in [3.05, 3.63) is 62.7 Å². The summed E-state index contributed by atoms with van der Waals surface area (Å²) in [6, 6.07) is 2.33. The van der Waals surface area contributed by atoms with Gasteiger partial charge < -0.3 is 30.5 Å². The molecule has 2 amide bonds. The quantitative estimate of drug-likeness (QED) is 0.271. The van der Waals surface area contributed by atoms with Crippen molar-refractivity contribution in [2.24, 2.45) is 5.73 Å². The standard InChI is InChI=1S/C29H28ClF3N8O4/c1-13-10-38(2)6-7-40(13)19-9-17(22(30)26(33)36-19)35-20(42)12-39-11-16(14-8-15(27(34)44)25(43)24(32)23(14)31)21-28(39)37-18-4-3-5-41(18)29(21)45/h8-9,11,13,43H,3-7,10,12H2,1-2H3,(H2,34,44)(H,35,36,42). The number of carbonyl (C=O) groups is 2. The van der Waals surface area contributed by atoms with Gasteiger partial charge in [0, 0.05) is 62.0 Å². The fourth-order valence-corrected chi connectivity index (χ4v) is 6.15. The molecule has 0 saturated carbocycles. The summed E-state index contributed by atoms with van der Waals surface area (Å²) in [5.41, 5.74) is 3.28. The summed E-state index contributed by atoms with van der Waals surface area (Å²) >= 11 is 6.18. The van der Waals surface area contributed by atoms with Gasteiger partial charge in [-0.15, -0.1) is 0 Å². The minimum atomic E-state index is -1.73. The number of nitrogens with two attached hydrogens (primary N) is 1. The first-order chi connectivity index (χ1) is 21.3. The third-order valence-corrected chi connectivity index (χ3v) is 8.55. The molecule has 5 heterocycles. The molecule has 3 aromatic heterocycles. The number of rotatable bonds is 6. The van der Waals surface area contributed by atoms with Gasteiger partial charge in [0.1, 0.15) is 28.9 Å². The van der Waals surface area contributed by atoms with E-state index in [1.807, 2.05) is 18.9 Å². The molecule has 6 rings (SSSR count). The summed E-state index contributed by atoms with van der Waals surface area (Å²) in [5, 5.41) is 12.0. The van der Waals surface area contributed by atoms with E-state index in [1.165, 1.54) is 21.4 Å². The molecule has 1 saturated heterocycles. The van der Waals surface area contributed by atoms with Crippen LogP contribution in [0.2, 0.25) is 5.02 Å². The summed E-state index contributed by atoms with van der Waals surface area (Å²) in [5.74, 6) is -6.68. The van der Waals surface area contributed by atoms with Crippen molar-refractivity contribution in [2.45, 2.75) is 38.9 Å². The molecule has 45 heavy (non-hydrogen) atoms. The third-order valence-electron chi connectivity index (χ3n) is 8.19. The van der Waals surface area contributed by atoms with Crippen LogP contribution < -0.4 is 21.5 Å². The fourth-order valence-electron chi connectivity index (χ4n) is 6.00. The predicted molar refractivity (Wildman–Crippen MR) is 160 cm³/mol. The van der Waals surface area contributed by atoms with Crippen LogP contribution in [0.25, 0.3) is 22.2 Å². The zero-order chi connectivity index (χ0) is 32.3. The van der Waals surface area contributed by atoms with Crippen LogP contribution in [0, 0.1) is 17.6 Å². The number of aromatic hydroxyl groups is 1. The minimum Gasteiger partial charge on any atom is -0.504 e. The zero-order valence-corrected chi connectivity index (χ0v) is 25.0. The summed E-state index contributed by atoms with van der Waals surface area (Å²) in [6.45, 7) is 3.86. The summed E-state index contributed by atoms with van der Waals surface area (Å²) in [7, 11) is 1.98. The van der Waals surface area contributed by atoms with Crippen molar-refractivity contribution in [1.29, 1.82) is 0 Å². The number of hydrogen-bond donors (Lipinski definition) is 3. The second-order valence-electron chi connectivity index (χ2n) is 11.3. The smallest absolute Gasteiger partial charge is 0.263 e. The van der Waals surface area contributed by atoms with E-state index in [-0.39, 0.29) is 28.3 Å². The Kier molecular flexibility index (Phi) is 7.69. The Bertz CT molecular complexity index is 1960. The lowest BCUT2D eigenvalue weighted by Crippen LogP contribution is -2.50. The second-order valence-corrected chi connectivity index (χ2v) is 11.6. The largest absolute Gasteiger partial charge is 0.504 e. The van der Waals surface area contributed by atoms with Crippen molar-refractivity contribution >= 4 is 46.0 Å². The monoisotopic (exact) mass is 644 g/mol. The van der Waals surface area contributed by atoms with Gasteiger partial charge in [-0.25, -0.2) is 14.4 Å². The number of pyridine rings is 1. The van der Waals surface area contributed by atoms with Crippen molar-refractivity contribution in [3.8, 4) is 16.9 Å². The van der Waals surface area contributed by atoms with E-state index in [1.54, 1.807) is 0 Å². The Morgan fingerprint density at radius 3 is 2.60 bits per heavy atom. The number of halogens is 4. The number of aromatic nitrogens is 4. The minimum absolute atomic E-state index is 0.00534. The number of fused-ring (bicyclic) bond motifs is 2. The maximum atomic E-state index is 15.2. The van der Waals surface area contributed by atoms with Crippen LogP contribution in [0.15, 0.2) is 23.1 Å². The highest BCUT2D eigenvalue weighted by molar-refractivity contribution is 6.33. The number of amides is 2. The van der Waals surface area contributed by atoms with E-state index < -0.39 is 63.4 Å². The van der Waals surface area contributed by atoms with Gasteiger partial charge in [-0.2, -0.15) is 8.78 Å². The van der Waals surface area contributed by atoms with Crippen LogP contribution in [0.5, 0.6) is 5.75 Å². The molecule has 0 spiro atoms. The molecule has 4 N–H and O–H groups in total. The normalized spacial score (nSPS) is 16.8. The Balaban J connectivity index is 1.41. The second kappa shape index (κ2) is 11.4. The summed E-state index contributed by atoms with van der Waals surface area (Å²) in [4.78, 5) is 51.4. The van der Waals surface area contributed by atoms with E-state index >= 15 is 4.39 Å². The van der Waals surface area contributed by atoms with Gasteiger partial charge in [0.05, 0.1) is 16.6 Å². The summed E-state index contributed by atoms with van der Waals surface area (Å²) in [6.07, 6.45) is 2.32. The van der Waals surface area contributed by atoms with Crippen molar-refractivity contribution in [2.75, 3.05) is 36.9 Å². The number of nitrogens with one attached hydrogen (secondary N) is 1. The molecule has 0 radical (unpaired) electrons. The van der Waals surface area contributed by atoms with Crippen molar-refractivity contribution in [3.63, 3.8) is 0 Å². The van der Waals surface area contributed by atoms with Gasteiger partial charge in [0.2, 0.25) is 17.7 Å². The molecule has 236 valence electrons. The maximum absolute atomic E-state index is 15.2. The van der Waals surface area contributed by atoms with Gasteiger partial charge in [-0.3, -0.25) is 19.0 Å². The topological polar surface area (TPSA) is 152 Å². The Labute approximate surface area is 258 Å². The van der Waals surface area contributed by atoms with Gasteiger partial charge in [-0.05, 0) is 26.5 Å². The van der Waals surface area contributed by atoms with Crippen LogP contribution in [-0.2, 0) is 24.3 Å². The lowest BCUT2D eigenvalue weighted by atomic mass is 10.0. The number of nitrogens with zero attached hydrogens (tertiary/aromatic N) is 6. The van der Waals surface area contributed by atoms with Crippen LogP contribution in [0.1, 0.15) is 29.5 Å². The molecule has 2 aliphatic rings. The number of anilines is 2. The fraction of sp³-hybridized carbons (Fsp3) is 0.345. The molecule has 0 bridgehead atoms. The van der Waals surface area contributed by atoms with E-state index in [9.17, 15) is 28.3 Å². The molecule has 1 unspecified atom stereocenters. The maximum Gasteiger partial charge on any atom is 0.263 e. The van der Waals surface area contributed by atoms with Gasteiger partial charge in [0.25, 0.3) is 11.5 Å². The number of piperazine rings is 1. The molecular weight excluding hydrogens is 617 g/mol. The van der Waals surface area contributed by atoms with Gasteiger partial charge in [-0.1, -0.05) is 11.6 Å². The molecule has 12 nitrogen and oxygen atoms in total. The van der Waals surface area contributed by atoms with Crippen LogP contribution >= 0.6 is 11.6 Å². The Morgan fingerprint density at radius 2 is 1.89 bits per heavy atom. The SMILES string of the molecule is CC1CN(C)CCN1c1cc(NC(=O)Cn2cc(-c3cc(C(N)=O)c(O)c(F)c3F)c3c(=O)n4c(nc32)CCC4)c(Cl)c(F)n1. The first kappa shape index (κ1) is 30.4. The number of hydrogen-bond acceptors (Lipinski definition) is 8. The van der Waals surface area contributed by atoms with Crippen molar-refractivity contribution in [1.82, 2.24) is 24.0 Å². The van der Waals surface area contributed by atoms with Gasteiger partial charge >= 0.3 is 0 Å². The van der Waals surface area contributed by atoms with E-state index in [2.05, 4.69) is 20.2 Å². The highest BCUT2D eigenvalue weighted by atomic mass is 35.5. The Morgan fingerprint density at radius 1 is 1.13 bits per heavy atom. The lowest BCUT2D eigenvalue weighted by Gasteiger charge is -2.39. The lowest BCUT2D eigenvalue weighted by molar-refractivity contribution is -0.116. The summed E-state index contributed by atoms with van der Waals surface area (Å²) < 4.78 is 47.4. The van der Waals surface area contributed by atoms with E-state index in [0.29, 0.717) is 37.6 Å². The molecular formula is C29H28ClF3N8O4. The number of phenols is 1. The number of benzene rings is 1. The molecule has 0 aliphatic carbocycles. The average Bonchev–Trinajstić information content (AvgIpc) is 3.60. The number of primary amides is 1. The highest BCUT2D eigenvalue weighted by Gasteiger charge is 2.29. The average molecular weight is 645 g/mol. The third kappa shape index (κ3) is 5.25. The van der Waals surface area contributed by atoms with Crippen LogP contribution in [0.4, 0.5) is 24.7 Å². The van der Waals surface area contributed by atoms with E-state index in [4.69, 9.17) is 17.3 Å². The van der Waals surface area contributed by atoms with Crippen molar-refractivity contribution < 1.29 is 27.9 Å². The van der Waals surface area contributed by atoms with Crippen LogP contribution in [0.3, 0.4) is 0 Å². The van der Waals surface area contributed by atoms with Crippen LogP contribution in [-0.4, -0.2) is 73.6 Å². The molecule has 16 heteroatoms. The van der Waals surface area contributed by atoms with E-state index in [0.717, 1.165) is 19.2 Å². The molecule has 4 aromatic rings. The first-order valence-electron chi connectivity index (χ1n) is 14.1. The molecule has 1 aromatic carbocycles. The molecule has 1 fully saturated rings. The highest BCUT2D eigenvalue weighted by Crippen LogP contribution is 2.36. The number of aryl methyl sites for hydroxylation is 1. The number of carbonyl (C=O) groups excluding carboxylic acids is 2.